The Bertz CT molecular complexity index is 153. The molecule has 88 valence electrons. The van der Waals surface area contributed by atoms with E-state index < -0.39 is 0 Å². The van der Waals surface area contributed by atoms with Crippen molar-refractivity contribution in [3.8, 4) is 0 Å². The molecule has 1 saturated heterocycles. The quantitative estimate of drug-likeness (QED) is 0.492. The van der Waals surface area contributed by atoms with Gasteiger partial charge in [-0.15, -0.1) is 6.58 Å². The summed E-state index contributed by atoms with van der Waals surface area (Å²) in [7, 11) is 0. The number of piperidine rings is 1. The minimum absolute atomic E-state index is 0.756. The zero-order chi connectivity index (χ0) is 10.8. The van der Waals surface area contributed by atoms with Gasteiger partial charge in [0.25, 0.3) is 0 Å². The Kier molecular flexibility index (Phi) is 7.58. The van der Waals surface area contributed by atoms with Crippen LogP contribution < -0.4 is 5.32 Å². The Labute approximate surface area is 94.1 Å². The van der Waals surface area contributed by atoms with E-state index in [0.717, 1.165) is 32.1 Å². The average Bonchev–Trinajstić information content (AvgIpc) is 2.29. The van der Waals surface area contributed by atoms with Gasteiger partial charge in [-0.2, -0.15) is 0 Å². The van der Waals surface area contributed by atoms with Crippen LogP contribution in [0.2, 0.25) is 0 Å². The van der Waals surface area contributed by atoms with Gasteiger partial charge in [-0.1, -0.05) is 12.5 Å². The van der Waals surface area contributed by atoms with Crippen LogP contribution in [-0.4, -0.2) is 26.3 Å². The monoisotopic (exact) mass is 211 g/mol. The minimum atomic E-state index is 0.756. The molecule has 2 heteroatoms. The summed E-state index contributed by atoms with van der Waals surface area (Å²) in [5.41, 5.74) is 0. The third-order valence-corrected chi connectivity index (χ3v) is 2.95. The highest BCUT2D eigenvalue weighted by Gasteiger charge is 2.12. The Morgan fingerprint density at radius 1 is 1.33 bits per heavy atom. The first-order valence-corrected chi connectivity index (χ1v) is 6.33. The topological polar surface area (TPSA) is 21.3 Å². The first kappa shape index (κ1) is 12.7. The first-order chi connectivity index (χ1) is 7.43. The van der Waals surface area contributed by atoms with Crippen LogP contribution in [0.5, 0.6) is 0 Å². The summed E-state index contributed by atoms with van der Waals surface area (Å²) in [5.74, 6) is 0.756. The smallest absolute Gasteiger partial charge is 0.0506 e. The third-order valence-electron chi connectivity index (χ3n) is 2.95. The zero-order valence-corrected chi connectivity index (χ0v) is 9.84. The van der Waals surface area contributed by atoms with E-state index >= 15 is 0 Å². The van der Waals surface area contributed by atoms with E-state index in [2.05, 4.69) is 11.9 Å². The maximum absolute atomic E-state index is 5.69. The summed E-state index contributed by atoms with van der Waals surface area (Å²) in [4.78, 5) is 0. The van der Waals surface area contributed by atoms with Gasteiger partial charge < -0.3 is 10.1 Å². The van der Waals surface area contributed by atoms with E-state index in [0.29, 0.717) is 0 Å². The Hall–Kier alpha value is -0.340. The van der Waals surface area contributed by atoms with E-state index in [-0.39, 0.29) is 0 Å². The molecule has 0 spiro atoms. The Balaban J connectivity index is 1.81. The molecule has 0 saturated carbocycles. The van der Waals surface area contributed by atoms with Crippen molar-refractivity contribution in [1.82, 2.24) is 5.32 Å². The predicted molar refractivity (Wildman–Crippen MR) is 65.1 cm³/mol. The normalized spacial score (nSPS) is 21.5. The SMILES string of the molecule is C=CCCCCCOCC1CCCNC1. The van der Waals surface area contributed by atoms with Crippen LogP contribution in [0.1, 0.15) is 38.5 Å². The van der Waals surface area contributed by atoms with Gasteiger partial charge in [-0.25, -0.2) is 0 Å². The molecule has 0 bridgehead atoms. The molecule has 0 aromatic heterocycles. The fraction of sp³-hybridized carbons (Fsp3) is 0.846. The van der Waals surface area contributed by atoms with E-state index in [1.165, 1.54) is 38.6 Å². The van der Waals surface area contributed by atoms with Gasteiger partial charge in [0.2, 0.25) is 0 Å². The van der Waals surface area contributed by atoms with E-state index in [9.17, 15) is 0 Å². The van der Waals surface area contributed by atoms with Crippen LogP contribution >= 0.6 is 0 Å². The lowest BCUT2D eigenvalue weighted by molar-refractivity contribution is 0.0870. The second-order valence-electron chi connectivity index (χ2n) is 4.43. The molecule has 0 aromatic carbocycles. The van der Waals surface area contributed by atoms with Crippen LogP contribution in [0.15, 0.2) is 12.7 Å². The second-order valence-corrected chi connectivity index (χ2v) is 4.43. The van der Waals surface area contributed by atoms with Gasteiger partial charge >= 0.3 is 0 Å². The van der Waals surface area contributed by atoms with Crippen molar-refractivity contribution in [2.75, 3.05) is 26.3 Å². The number of rotatable bonds is 8. The van der Waals surface area contributed by atoms with E-state index in [4.69, 9.17) is 4.74 Å². The molecule has 1 N–H and O–H groups in total. The molecular weight excluding hydrogens is 186 g/mol. The van der Waals surface area contributed by atoms with Crippen molar-refractivity contribution in [3.05, 3.63) is 12.7 Å². The minimum Gasteiger partial charge on any atom is -0.381 e. The Morgan fingerprint density at radius 3 is 3.00 bits per heavy atom. The van der Waals surface area contributed by atoms with Gasteiger partial charge in [0.1, 0.15) is 0 Å². The third kappa shape index (κ3) is 6.69. The summed E-state index contributed by atoms with van der Waals surface area (Å²) >= 11 is 0. The lowest BCUT2D eigenvalue weighted by atomic mass is 10.0. The molecule has 2 nitrogen and oxygen atoms in total. The van der Waals surface area contributed by atoms with Crippen LogP contribution in [0, 0.1) is 5.92 Å². The highest BCUT2D eigenvalue weighted by Crippen LogP contribution is 2.10. The summed E-state index contributed by atoms with van der Waals surface area (Å²) in [6, 6.07) is 0. The van der Waals surface area contributed by atoms with Crippen molar-refractivity contribution in [2.24, 2.45) is 5.92 Å². The molecule has 0 amide bonds. The molecule has 1 aliphatic heterocycles. The maximum Gasteiger partial charge on any atom is 0.0506 e. The van der Waals surface area contributed by atoms with Gasteiger partial charge in [0, 0.05) is 13.2 Å². The number of hydrogen-bond acceptors (Lipinski definition) is 2. The van der Waals surface area contributed by atoms with Crippen molar-refractivity contribution in [2.45, 2.75) is 38.5 Å². The van der Waals surface area contributed by atoms with Crippen molar-refractivity contribution < 1.29 is 4.74 Å². The number of unbranched alkanes of at least 4 members (excludes halogenated alkanes) is 3. The van der Waals surface area contributed by atoms with Gasteiger partial charge in [-0.05, 0) is 44.6 Å². The number of allylic oxidation sites excluding steroid dienone is 1. The molecule has 1 unspecified atom stereocenters. The number of hydrogen-bond donors (Lipinski definition) is 1. The van der Waals surface area contributed by atoms with Crippen molar-refractivity contribution in [1.29, 1.82) is 0 Å². The lowest BCUT2D eigenvalue weighted by Crippen LogP contribution is -2.32. The van der Waals surface area contributed by atoms with Crippen molar-refractivity contribution in [3.63, 3.8) is 0 Å². The lowest BCUT2D eigenvalue weighted by Gasteiger charge is -2.22. The molecular formula is C13H25NO. The second kappa shape index (κ2) is 8.93. The van der Waals surface area contributed by atoms with E-state index in [1.807, 2.05) is 6.08 Å². The van der Waals surface area contributed by atoms with Gasteiger partial charge in [0.05, 0.1) is 6.61 Å². The summed E-state index contributed by atoms with van der Waals surface area (Å²) < 4.78 is 5.69. The van der Waals surface area contributed by atoms with Crippen LogP contribution in [0.25, 0.3) is 0 Å². The molecule has 0 aromatic rings. The zero-order valence-electron chi connectivity index (χ0n) is 9.84. The first-order valence-electron chi connectivity index (χ1n) is 6.33. The number of nitrogens with one attached hydrogen (secondary N) is 1. The van der Waals surface area contributed by atoms with Crippen LogP contribution in [0.4, 0.5) is 0 Å². The molecule has 1 fully saturated rings. The fourth-order valence-corrected chi connectivity index (χ4v) is 1.99. The average molecular weight is 211 g/mol. The van der Waals surface area contributed by atoms with Gasteiger partial charge in [-0.3, -0.25) is 0 Å². The fourth-order valence-electron chi connectivity index (χ4n) is 1.99. The standard InChI is InChI=1S/C13H25NO/c1-2-3-4-5-6-10-15-12-13-8-7-9-14-11-13/h2,13-14H,1,3-12H2. The van der Waals surface area contributed by atoms with Gasteiger partial charge in [0.15, 0.2) is 0 Å². The summed E-state index contributed by atoms with van der Waals surface area (Å²) in [6.07, 6.45) is 9.53. The molecule has 15 heavy (non-hydrogen) atoms. The van der Waals surface area contributed by atoms with Crippen LogP contribution in [0.3, 0.4) is 0 Å². The molecule has 0 radical (unpaired) electrons. The molecule has 1 rings (SSSR count). The molecule has 1 atom stereocenters. The highest BCUT2D eigenvalue weighted by molar-refractivity contribution is 4.68. The predicted octanol–water partition coefficient (Wildman–Crippen LogP) is 2.75. The van der Waals surface area contributed by atoms with Crippen LogP contribution in [-0.2, 0) is 4.74 Å². The molecule has 1 aliphatic rings. The maximum atomic E-state index is 5.69. The Morgan fingerprint density at radius 2 is 2.27 bits per heavy atom. The highest BCUT2D eigenvalue weighted by atomic mass is 16.5. The van der Waals surface area contributed by atoms with Crippen molar-refractivity contribution >= 4 is 0 Å². The molecule has 1 heterocycles. The summed E-state index contributed by atoms with van der Waals surface area (Å²) in [6.45, 7) is 7.95. The number of ether oxygens (including phenoxy) is 1. The summed E-state index contributed by atoms with van der Waals surface area (Å²) in [5, 5.41) is 3.41. The largest absolute Gasteiger partial charge is 0.381 e. The molecule has 0 aliphatic carbocycles. The van der Waals surface area contributed by atoms with E-state index in [1.54, 1.807) is 0 Å².